The van der Waals surface area contributed by atoms with Gasteiger partial charge in [0.05, 0.1) is 33.2 Å². The fourth-order valence-corrected chi connectivity index (χ4v) is 6.18. The number of anilines is 1. The molecule has 1 aliphatic heterocycles. The van der Waals surface area contributed by atoms with Crippen LogP contribution in [0.5, 0.6) is 0 Å². The average Bonchev–Trinajstić information content (AvgIpc) is 3.83. The molecule has 222 valence electrons. The highest BCUT2D eigenvalue weighted by Gasteiger charge is 2.36. The normalized spacial score (nSPS) is 18.9. The highest BCUT2D eigenvalue weighted by molar-refractivity contribution is 6.33. The van der Waals surface area contributed by atoms with E-state index >= 15 is 4.39 Å². The second-order valence-electron chi connectivity index (χ2n) is 11.7. The summed E-state index contributed by atoms with van der Waals surface area (Å²) in [6.45, 7) is 12.4. The Morgan fingerprint density at radius 3 is 2.53 bits per heavy atom. The number of hydrogen-bond acceptors (Lipinski definition) is 7. The van der Waals surface area contributed by atoms with E-state index in [1.54, 1.807) is 35.5 Å². The summed E-state index contributed by atoms with van der Waals surface area (Å²) in [5, 5.41) is 0.760. The quantitative estimate of drug-likeness (QED) is 0.264. The zero-order chi connectivity index (χ0) is 30.6. The van der Waals surface area contributed by atoms with Crippen molar-refractivity contribution in [1.29, 1.82) is 0 Å². The zero-order valence-corrected chi connectivity index (χ0v) is 25.3. The molecule has 1 saturated carbocycles. The monoisotopic (exact) mass is 601 g/mol. The molecule has 0 spiro atoms. The molecule has 0 bridgehead atoms. The number of rotatable bonds is 6. The second kappa shape index (κ2) is 11.1. The average molecular weight is 602 g/mol. The molecule has 0 radical (unpaired) electrons. The fourth-order valence-electron chi connectivity index (χ4n) is 5.93. The Morgan fingerprint density at radius 2 is 1.86 bits per heavy atom. The zero-order valence-electron chi connectivity index (χ0n) is 24.6. The molecule has 4 heterocycles. The van der Waals surface area contributed by atoms with Crippen LogP contribution in [0.1, 0.15) is 63.8 Å². The van der Waals surface area contributed by atoms with Crippen molar-refractivity contribution in [2.45, 2.75) is 64.5 Å². The first-order valence-corrected chi connectivity index (χ1v) is 14.9. The standard InChI is InChI=1S/C32H33ClFN7O2/c1-6-25(42)39-14-19(5)40(15-18(39)4)30-22-13-23(33)28(21-9-7-8-10-24(21)34)37-31(22)41(32(43)38-30)29-26(17(2)3)35-16-36-27(29)20-11-12-20/h6-10,13,16-20H,1,11-12,14-15H2,2-5H3. The van der Waals surface area contributed by atoms with E-state index in [0.717, 1.165) is 18.5 Å². The van der Waals surface area contributed by atoms with Crippen LogP contribution in [0, 0.1) is 5.82 Å². The lowest BCUT2D eigenvalue weighted by Gasteiger charge is -2.44. The van der Waals surface area contributed by atoms with Crippen LogP contribution < -0.4 is 10.6 Å². The van der Waals surface area contributed by atoms with Crippen molar-refractivity contribution < 1.29 is 9.18 Å². The van der Waals surface area contributed by atoms with Crippen molar-refractivity contribution in [3.8, 4) is 16.9 Å². The topological polar surface area (TPSA) is 97.1 Å². The van der Waals surface area contributed by atoms with Gasteiger partial charge in [-0.1, -0.05) is 44.2 Å². The Balaban J connectivity index is 1.65. The van der Waals surface area contributed by atoms with Gasteiger partial charge in [-0.05, 0) is 56.9 Å². The predicted octanol–water partition coefficient (Wildman–Crippen LogP) is 5.64. The number of piperazine rings is 1. The van der Waals surface area contributed by atoms with Gasteiger partial charge in [0.1, 0.15) is 18.0 Å². The van der Waals surface area contributed by atoms with Gasteiger partial charge in [-0.3, -0.25) is 4.79 Å². The molecule has 3 aromatic heterocycles. The van der Waals surface area contributed by atoms with E-state index in [4.69, 9.17) is 16.6 Å². The first-order chi connectivity index (χ1) is 20.6. The number of benzene rings is 1. The van der Waals surface area contributed by atoms with Crippen molar-refractivity contribution in [1.82, 2.24) is 29.4 Å². The summed E-state index contributed by atoms with van der Waals surface area (Å²) in [7, 11) is 0. The summed E-state index contributed by atoms with van der Waals surface area (Å²) in [6.07, 6.45) is 4.78. The Kier molecular flexibility index (Phi) is 7.50. The van der Waals surface area contributed by atoms with Gasteiger partial charge in [-0.2, -0.15) is 4.98 Å². The minimum atomic E-state index is -0.542. The summed E-state index contributed by atoms with van der Waals surface area (Å²) in [6, 6.07) is 7.64. The van der Waals surface area contributed by atoms with Crippen molar-refractivity contribution in [2.24, 2.45) is 0 Å². The van der Waals surface area contributed by atoms with Crippen LogP contribution in [0.3, 0.4) is 0 Å². The molecule has 2 fully saturated rings. The number of pyridine rings is 1. The first kappa shape index (κ1) is 28.9. The molecular weight excluding hydrogens is 569 g/mol. The van der Waals surface area contributed by atoms with Crippen molar-refractivity contribution in [2.75, 3.05) is 18.0 Å². The molecule has 2 atom stereocenters. The third-order valence-corrected chi connectivity index (χ3v) is 8.55. The lowest BCUT2D eigenvalue weighted by atomic mass is 10.0. The molecule has 9 nitrogen and oxygen atoms in total. The molecule has 11 heteroatoms. The molecule has 0 N–H and O–H groups in total. The minimum absolute atomic E-state index is 0.0215. The maximum atomic E-state index is 15.1. The summed E-state index contributed by atoms with van der Waals surface area (Å²) in [5.41, 5.74) is 2.25. The second-order valence-corrected chi connectivity index (χ2v) is 12.1. The number of halogens is 2. The Hall–Kier alpha value is -4.18. The van der Waals surface area contributed by atoms with Crippen LogP contribution >= 0.6 is 11.6 Å². The van der Waals surface area contributed by atoms with Gasteiger partial charge >= 0.3 is 5.69 Å². The van der Waals surface area contributed by atoms with Gasteiger partial charge in [0.2, 0.25) is 5.91 Å². The number of carbonyl (C=O) groups excluding carboxylic acids is 1. The molecule has 1 aliphatic carbocycles. The van der Waals surface area contributed by atoms with E-state index in [-0.39, 0.29) is 46.1 Å². The highest BCUT2D eigenvalue weighted by Crippen LogP contribution is 2.44. The van der Waals surface area contributed by atoms with Crippen LogP contribution in [-0.4, -0.2) is 60.5 Å². The smallest absolute Gasteiger partial charge is 0.349 e. The van der Waals surface area contributed by atoms with E-state index in [0.29, 0.717) is 41.3 Å². The fraction of sp³-hybridized carbons (Fsp3) is 0.375. The summed E-state index contributed by atoms with van der Waals surface area (Å²) in [4.78, 5) is 49.3. The van der Waals surface area contributed by atoms with E-state index in [1.807, 2.05) is 32.6 Å². The van der Waals surface area contributed by atoms with Crippen LogP contribution in [-0.2, 0) is 4.79 Å². The maximum absolute atomic E-state index is 15.1. The van der Waals surface area contributed by atoms with Gasteiger partial charge in [0.15, 0.2) is 5.65 Å². The SMILES string of the molecule is C=CC(=O)N1CC(C)N(c2nc(=O)n(-c3c(C(C)C)ncnc3C3CC3)c3nc(-c4ccccc4F)c(Cl)cc23)CC1C. The van der Waals surface area contributed by atoms with E-state index in [9.17, 15) is 9.59 Å². The Labute approximate surface area is 254 Å². The largest absolute Gasteiger partial charge is 0.355 e. The van der Waals surface area contributed by atoms with Crippen molar-refractivity contribution in [3.63, 3.8) is 0 Å². The summed E-state index contributed by atoms with van der Waals surface area (Å²) < 4.78 is 16.5. The third-order valence-electron chi connectivity index (χ3n) is 8.26. The minimum Gasteiger partial charge on any atom is -0.349 e. The third kappa shape index (κ3) is 5.07. The maximum Gasteiger partial charge on any atom is 0.355 e. The number of carbonyl (C=O) groups is 1. The Bertz CT molecular complexity index is 1800. The molecule has 6 rings (SSSR count). The summed E-state index contributed by atoms with van der Waals surface area (Å²) in [5.74, 6) is -0.0378. The molecule has 43 heavy (non-hydrogen) atoms. The molecule has 2 aliphatic rings. The number of hydrogen-bond donors (Lipinski definition) is 0. The van der Waals surface area contributed by atoms with Crippen LogP contribution in [0.4, 0.5) is 10.2 Å². The van der Waals surface area contributed by atoms with Gasteiger partial charge in [-0.15, -0.1) is 0 Å². The molecule has 4 aromatic rings. The van der Waals surface area contributed by atoms with Gasteiger partial charge in [0, 0.05) is 36.7 Å². The van der Waals surface area contributed by atoms with Gasteiger partial charge in [0.25, 0.3) is 0 Å². The number of fused-ring (bicyclic) bond motifs is 1. The van der Waals surface area contributed by atoms with Gasteiger partial charge < -0.3 is 9.80 Å². The number of nitrogens with zero attached hydrogens (tertiary/aromatic N) is 7. The van der Waals surface area contributed by atoms with Crippen molar-refractivity contribution in [3.05, 3.63) is 82.0 Å². The van der Waals surface area contributed by atoms with E-state index < -0.39 is 11.5 Å². The van der Waals surface area contributed by atoms with E-state index in [2.05, 4.69) is 21.5 Å². The number of aromatic nitrogens is 5. The lowest BCUT2D eigenvalue weighted by molar-refractivity contribution is -0.128. The predicted molar refractivity (Wildman–Crippen MR) is 165 cm³/mol. The van der Waals surface area contributed by atoms with E-state index in [1.165, 1.54) is 16.7 Å². The van der Waals surface area contributed by atoms with Crippen molar-refractivity contribution >= 4 is 34.4 Å². The molecule has 1 amide bonds. The lowest BCUT2D eigenvalue weighted by Crippen LogP contribution is -2.58. The molecule has 1 saturated heterocycles. The van der Waals surface area contributed by atoms with Crippen LogP contribution in [0.25, 0.3) is 28.0 Å². The Morgan fingerprint density at radius 1 is 1.12 bits per heavy atom. The molecule has 2 unspecified atom stereocenters. The first-order valence-electron chi connectivity index (χ1n) is 14.5. The number of amides is 1. The molecular formula is C32H33ClFN7O2. The van der Waals surface area contributed by atoms with Crippen LogP contribution in [0.2, 0.25) is 5.02 Å². The highest BCUT2D eigenvalue weighted by atomic mass is 35.5. The molecule has 1 aromatic carbocycles. The summed E-state index contributed by atoms with van der Waals surface area (Å²) >= 11 is 6.83. The van der Waals surface area contributed by atoms with Gasteiger partial charge in [-0.25, -0.2) is 28.7 Å². The van der Waals surface area contributed by atoms with Crippen LogP contribution in [0.15, 0.2) is 54.1 Å².